The van der Waals surface area contributed by atoms with Crippen LogP contribution in [0.1, 0.15) is 31.9 Å². The number of carbonyl (C=O) groups is 4. The fourth-order valence-corrected chi connectivity index (χ4v) is 3.40. The molecule has 27 heavy (non-hydrogen) atoms. The number of nitrogens with one attached hydrogen (secondary N) is 1. The lowest BCUT2D eigenvalue weighted by Crippen LogP contribution is -2.42. The van der Waals surface area contributed by atoms with E-state index < -0.39 is 29.9 Å². The Morgan fingerprint density at radius 1 is 1.19 bits per heavy atom. The first-order chi connectivity index (χ1) is 12.9. The molecule has 144 valence electrons. The Bertz CT molecular complexity index is 751. The molecule has 2 aliphatic heterocycles. The first-order valence-electron chi connectivity index (χ1n) is 9.02. The highest BCUT2D eigenvalue weighted by molar-refractivity contribution is 5.98. The van der Waals surface area contributed by atoms with E-state index in [4.69, 9.17) is 4.74 Å². The highest BCUT2D eigenvalue weighted by Gasteiger charge is 2.40. The molecule has 3 atom stereocenters. The fraction of sp³-hybridized carbons (Fsp3) is 0.474. The third kappa shape index (κ3) is 3.94. The summed E-state index contributed by atoms with van der Waals surface area (Å²) >= 11 is 0. The second-order valence-electron chi connectivity index (χ2n) is 6.83. The summed E-state index contributed by atoms with van der Waals surface area (Å²) in [5.41, 5.74) is 0.989. The van der Waals surface area contributed by atoms with Gasteiger partial charge in [0.25, 0.3) is 5.91 Å². The monoisotopic (exact) mass is 373 g/mol. The van der Waals surface area contributed by atoms with Gasteiger partial charge < -0.3 is 15.0 Å². The molecule has 2 heterocycles. The normalized spacial score (nSPS) is 21.8. The van der Waals surface area contributed by atoms with Gasteiger partial charge in [-0.25, -0.2) is 4.79 Å². The average molecular weight is 373 g/mol. The van der Waals surface area contributed by atoms with Gasteiger partial charge in [-0.1, -0.05) is 30.3 Å². The predicted molar refractivity (Wildman–Crippen MR) is 95.3 cm³/mol. The molecule has 1 aromatic carbocycles. The molecular formula is C19H23N3O5. The maximum absolute atomic E-state index is 12.4. The molecular weight excluding hydrogens is 350 g/mol. The topological polar surface area (TPSA) is 96.0 Å². The van der Waals surface area contributed by atoms with Gasteiger partial charge in [-0.15, -0.1) is 0 Å². The molecule has 8 nitrogen and oxygen atoms in total. The summed E-state index contributed by atoms with van der Waals surface area (Å²) < 4.78 is 5.25. The largest absolute Gasteiger partial charge is 0.452 e. The van der Waals surface area contributed by atoms with Crippen LogP contribution < -0.4 is 5.32 Å². The van der Waals surface area contributed by atoms with Gasteiger partial charge in [0.1, 0.15) is 0 Å². The van der Waals surface area contributed by atoms with Crippen molar-refractivity contribution in [1.29, 1.82) is 0 Å². The maximum atomic E-state index is 12.4. The molecule has 0 bridgehead atoms. The van der Waals surface area contributed by atoms with Gasteiger partial charge >= 0.3 is 12.0 Å². The molecule has 0 unspecified atom stereocenters. The maximum Gasteiger partial charge on any atom is 0.324 e. The smallest absolute Gasteiger partial charge is 0.324 e. The number of amides is 4. The van der Waals surface area contributed by atoms with Crippen LogP contribution in [0.15, 0.2) is 30.3 Å². The van der Waals surface area contributed by atoms with Gasteiger partial charge in [-0.2, -0.15) is 0 Å². The van der Waals surface area contributed by atoms with E-state index in [-0.39, 0.29) is 31.5 Å². The van der Waals surface area contributed by atoms with Crippen molar-refractivity contribution in [2.45, 2.75) is 32.4 Å². The van der Waals surface area contributed by atoms with E-state index in [2.05, 4.69) is 5.32 Å². The van der Waals surface area contributed by atoms with E-state index in [1.54, 1.807) is 4.90 Å². The van der Waals surface area contributed by atoms with Gasteiger partial charge in [0, 0.05) is 26.1 Å². The number of benzene rings is 1. The average Bonchev–Trinajstić information content (AvgIpc) is 3.26. The number of ether oxygens (including phenoxy) is 1. The highest BCUT2D eigenvalue weighted by atomic mass is 16.5. The lowest BCUT2D eigenvalue weighted by molar-refractivity contribution is -0.160. The van der Waals surface area contributed by atoms with Crippen molar-refractivity contribution >= 4 is 23.8 Å². The molecule has 2 saturated heterocycles. The summed E-state index contributed by atoms with van der Waals surface area (Å²) in [4.78, 5) is 51.3. The first-order valence-corrected chi connectivity index (χ1v) is 9.02. The Morgan fingerprint density at radius 2 is 1.89 bits per heavy atom. The Morgan fingerprint density at radius 3 is 2.52 bits per heavy atom. The number of urea groups is 1. The van der Waals surface area contributed by atoms with Crippen molar-refractivity contribution in [2.24, 2.45) is 5.92 Å². The summed E-state index contributed by atoms with van der Waals surface area (Å²) in [7, 11) is 0. The van der Waals surface area contributed by atoms with Crippen LogP contribution in [-0.4, -0.2) is 59.4 Å². The molecule has 1 N–H and O–H groups in total. The quantitative estimate of drug-likeness (QED) is 0.779. The third-order valence-electron chi connectivity index (χ3n) is 5.00. The van der Waals surface area contributed by atoms with Crippen LogP contribution in [0.5, 0.6) is 0 Å². The number of rotatable bonds is 5. The fourth-order valence-electron chi connectivity index (χ4n) is 3.40. The standard InChI is InChI=1S/C19H23N3O5/c1-12(14-6-4-3-5-7-14)22-11-15(10-16(22)23)18(25)27-13(2)17(24)21-9-8-20-19(21)26/h3-7,12-13,15H,8-11H2,1-2H3,(H,20,26)/t12-,13+,15-/m1/s1. The lowest BCUT2D eigenvalue weighted by atomic mass is 10.1. The number of carbonyl (C=O) groups excluding carboxylic acids is 4. The van der Waals surface area contributed by atoms with Crippen LogP contribution in [-0.2, 0) is 19.1 Å². The SMILES string of the molecule is C[C@H](OC(=O)[C@@H]1CC(=O)N([C@H](C)c2ccccc2)C1)C(=O)N1CCNC1=O. The van der Waals surface area contributed by atoms with Crippen LogP contribution in [0, 0.1) is 5.92 Å². The zero-order valence-electron chi connectivity index (χ0n) is 15.4. The van der Waals surface area contributed by atoms with E-state index in [0.717, 1.165) is 10.5 Å². The number of esters is 1. The third-order valence-corrected chi connectivity index (χ3v) is 5.00. The highest BCUT2D eigenvalue weighted by Crippen LogP contribution is 2.29. The van der Waals surface area contributed by atoms with Gasteiger partial charge in [-0.05, 0) is 19.4 Å². The van der Waals surface area contributed by atoms with Crippen LogP contribution >= 0.6 is 0 Å². The molecule has 2 fully saturated rings. The number of likely N-dealkylation sites (tertiary alicyclic amines) is 1. The Hall–Kier alpha value is -2.90. The minimum Gasteiger partial charge on any atom is -0.452 e. The molecule has 3 rings (SSSR count). The molecule has 0 aromatic heterocycles. The second-order valence-corrected chi connectivity index (χ2v) is 6.83. The molecule has 4 amide bonds. The minimum atomic E-state index is -1.07. The van der Waals surface area contributed by atoms with Crippen molar-refractivity contribution in [1.82, 2.24) is 15.1 Å². The summed E-state index contributed by atoms with van der Waals surface area (Å²) in [6.45, 7) is 4.24. The van der Waals surface area contributed by atoms with Gasteiger partial charge in [-0.3, -0.25) is 19.3 Å². The molecule has 0 radical (unpaired) electrons. The van der Waals surface area contributed by atoms with E-state index in [1.807, 2.05) is 37.3 Å². The zero-order valence-corrected chi connectivity index (χ0v) is 15.4. The summed E-state index contributed by atoms with van der Waals surface area (Å²) in [6.07, 6.45) is -1.02. The zero-order chi connectivity index (χ0) is 19.6. The van der Waals surface area contributed by atoms with Crippen molar-refractivity contribution in [3.63, 3.8) is 0 Å². The lowest BCUT2D eigenvalue weighted by Gasteiger charge is -2.25. The van der Waals surface area contributed by atoms with Crippen LogP contribution in [0.25, 0.3) is 0 Å². The summed E-state index contributed by atoms with van der Waals surface area (Å²) in [5, 5.41) is 2.53. The number of nitrogens with zero attached hydrogens (tertiary/aromatic N) is 2. The number of hydrogen-bond acceptors (Lipinski definition) is 5. The number of hydrogen-bond donors (Lipinski definition) is 1. The van der Waals surface area contributed by atoms with Gasteiger partial charge in [0.15, 0.2) is 6.10 Å². The molecule has 0 aliphatic carbocycles. The molecule has 0 spiro atoms. The van der Waals surface area contributed by atoms with Crippen molar-refractivity contribution in [3.8, 4) is 0 Å². The van der Waals surface area contributed by atoms with Crippen LogP contribution in [0.2, 0.25) is 0 Å². The summed E-state index contributed by atoms with van der Waals surface area (Å²) in [5.74, 6) is -1.89. The molecule has 1 aromatic rings. The van der Waals surface area contributed by atoms with Crippen LogP contribution in [0.4, 0.5) is 4.79 Å². The summed E-state index contributed by atoms with van der Waals surface area (Å²) in [6, 6.07) is 8.95. The Kier molecular flexibility index (Phi) is 5.43. The molecule has 2 aliphatic rings. The number of imide groups is 1. The first kappa shape index (κ1) is 18.9. The van der Waals surface area contributed by atoms with Crippen LogP contribution in [0.3, 0.4) is 0 Å². The second kappa shape index (κ2) is 7.77. The van der Waals surface area contributed by atoms with E-state index in [1.165, 1.54) is 6.92 Å². The molecule has 8 heteroatoms. The predicted octanol–water partition coefficient (Wildman–Crippen LogP) is 1.08. The Labute approximate surface area is 157 Å². The van der Waals surface area contributed by atoms with E-state index in [9.17, 15) is 19.2 Å². The van der Waals surface area contributed by atoms with Crippen molar-refractivity contribution in [3.05, 3.63) is 35.9 Å². The minimum absolute atomic E-state index is 0.0567. The molecule has 0 saturated carbocycles. The van der Waals surface area contributed by atoms with Crippen molar-refractivity contribution < 1.29 is 23.9 Å². The van der Waals surface area contributed by atoms with Crippen molar-refractivity contribution in [2.75, 3.05) is 19.6 Å². The van der Waals surface area contributed by atoms with E-state index in [0.29, 0.717) is 6.54 Å². The van der Waals surface area contributed by atoms with E-state index >= 15 is 0 Å². The van der Waals surface area contributed by atoms with Gasteiger partial charge in [0.05, 0.1) is 12.0 Å². The van der Waals surface area contributed by atoms with Gasteiger partial charge in [0.2, 0.25) is 5.91 Å². The Balaban J connectivity index is 1.59.